The van der Waals surface area contributed by atoms with Crippen LogP contribution in [-0.4, -0.2) is 13.0 Å². The molecule has 2 aromatic carbocycles. The second-order valence-corrected chi connectivity index (χ2v) is 8.95. The minimum Gasteiger partial charge on any atom is -0.302 e. The summed E-state index contributed by atoms with van der Waals surface area (Å²) < 4.78 is 30.3. The van der Waals surface area contributed by atoms with Gasteiger partial charge in [-0.3, -0.25) is 4.79 Å². The number of nitrogens with zero attached hydrogens (tertiary/aromatic N) is 1. The van der Waals surface area contributed by atoms with Crippen LogP contribution in [0.5, 0.6) is 0 Å². The average Bonchev–Trinajstić information content (AvgIpc) is 2.83. The molecule has 0 saturated heterocycles. The summed E-state index contributed by atoms with van der Waals surface area (Å²) in [6.45, 7) is 5.85. The Morgan fingerprint density at radius 3 is 2.48 bits per heavy atom. The van der Waals surface area contributed by atoms with E-state index in [9.17, 15) is 13.2 Å². The van der Waals surface area contributed by atoms with Gasteiger partial charge in [-0.2, -0.15) is 0 Å². The predicted octanol–water partition coefficient (Wildman–Crippen LogP) is 3.26. The van der Waals surface area contributed by atoms with E-state index in [0.717, 1.165) is 28.0 Å². The number of benzene rings is 2. The number of hydrogen-bond donors (Lipinski definition) is 1. The van der Waals surface area contributed by atoms with Crippen LogP contribution in [0.1, 0.15) is 29.7 Å². The first-order chi connectivity index (χ1) is 11.7. The predicted molar refractivity (Wildman–Crippen MR) is 102 cm³/mol. The third-order valence-corrected chi connectivity index (χ3v) is 6.97. The van der Waals surface area contributed by atoms with Crippen LogP contribution in [0.15, 0.2) is 46.1 Å². The van der Waals surface area contributed by atoms with Gasteiger partial charge < -0.3 is 4.57 Å². The zero-order valence-electron chi connectivity index (χ0n) is 14.5. The van der Waals surface area contributed by atoms with Crippen LogP contribution in [0, 0.1) is 13.8 Å². The molecule has 0 bridgehead atoms. The lowest BCUT2D eigenvalue weighted by Crippen LogP contribution is -2.27. The van der Waals surface area contributed by atoms with Gasteiger partial charge in [-0.05, 0) is 55.7 Å². The van der Waals surface area contributed by atoms with Crippen LogP contribution in [0.3, 0.4) is 0 Å². The van der Waals surface area contributed by atoms with Crippen LogP contribution < -0.4 is 9.60 Å². The largest absolute Gasteiger partial charge is 0.307 e. The quantitative estimate of drug-likeness (QED) is 0.760. The van der Waals surface area contributed by atoms with E-state index in [1.807, 2.05) is 39.0 Å². The number of hydrogen-bond acceptors (Lipinski definition) is 4. The molecule has 0 fully saturated rings. The van der Waals surface area contributed by atoms with E-state index in [4.69, 9.17) is 0 Å². The Hall–Kier alpha value is -1.96. The van der Waals surface area contributed by atoms with Crippen molar-refractivity contribution >= 4 is 31.6 Å². The molecular weight excluding hydrogens is 356 g/mol. The summed E-state index contributed by atoms with van der Waals surface area (Å²) in [7, 11) is -2.00. The lowest BCUT2D eigenvalue weighted by molar-refractivity contribution is 0.567. The fraction of sp³-hybridized carbons (Fsp3) is 0.278. The van der Waals surface area contributed by atoms with Gasteiger partial charge in [0, 0.05) is 13.1 Å². The molecule has 1 atom stereocenters. The second kappa shape index (κ2) is 6.40. The topological polar surface area (TPSA) is 68.2 Å². The van der Waals surface area contributed by atoms with Crippen molar-refractivity contribution in [3.8, 4) is 0 Å². The molecule has 1 heterocycles. The summed E-state index contributed by atoms with van der Waals surface area (Å²) >= 11 is 1.04. The Kier molecular flexibility index (Phi) is 4.57. The summed E-state index contributed by atoms with van der Waals surface area (Å²) in [5, 5.41) is 0. The SMILES string of the molecule is Cc1ccc(C(C)NS(=O)(=O)c2ccc3c(c2)sc(=O)n3C)cc1C. The van der Waals surface area contributed by atoms with Gasteiger partial charge in [0.25, 0.3) is 0 Å². The molecule has 7 heteroatoms. The lowest BCUT2D eigenvalue weighted by Gasteiger charge is -2.16. The van der Waals surface area contributed by atoms with Gasteiger partial charge >= 0.3 is 4.87 Å². The zero-order chi connectivity index (χ0) is 18.4. The summed E-state index contributed by atoms with van der Waals surface area (Å²) in [4.78, 5) is 11.8. The minimum atomic E-state index is -3.68. The summed E-state index contributed by atoms with van der Waals surface area (Å²) in [6.07, 6.45) is 0. The number of aryl methyl sites for hydroxylation is 3. The zero-order valence-corrected chi connectivity index (χ0v) is 16.2. The maximum Gasteiger partial charge on any atom is 0.307 e. The molecule has 5 nitrogen and oxygen atoms in total. The number of nitrogens with one attached hydrogen (secondary N) is 1. The first kappa shape index (κ1) is 17.8. The highest BCUT2D eigenvalue weighted by Crippen LogP contribution is 2.23. The van der Waals surface area contributed by atoms with Crippen molar-refractivity contribution in [2.75, 3.05) is 0 Å². The van der Waals surface area contributed by atoms with E-state index in [1.54, 1.807) is 19.2 Å². The number of thiazole rings is 1. The Bertz CT molecular complexity index is 1110. The van der Waals surface area contributed by atoms with Crippen LogP contribution >= 0.6 is 11.3 Å². The van der Waals surface area contributed by atoms with Gasteiger partial charge in [0.05, 0.1) is 15.1 Å². The van der Waals surface area contributed by atoms with Gasteiger partial charge in [-0.25, -0.2) is 13.1 Å². The minimum absolute atomic E-state index is 0.110. The maximum absolute atomic E-state index is 12.7. The van der Waals surface area contributed by atoms with Gasteiger partial charge in [-0.15, -0.1) is 0 Å². The Morgan fingerprint density at radius 1 is 1.08 bits per heavy atom. The molecule has 0 aliphatic carbocycles. The second-order valence-electron chi connectivity index (χ2n) is 6.24. The van der Waals surface area contributed by atoms with Crippen LogP contribution in [0.25, 0.3) is 10.2 Å². The van der Waals surface area contributed by atoms with Crippen molar-refractivity contribution in [2.24, 2.45) is 7.05 Å². The number of sulfonamides is 1. The molecule has 3 aromatic rings. The molecule has 0 saturated carbocycles. The average molecular weight is 377 g/mol. The van der Waals surface area contributed by atoms with E-state index in [2.05, 4.69) is 4.72 Å². The maximum atomic E-state index is 12.7. The molecule has 25 heavy (non-hydrogen) atoms. The third-order valence-electron chi connectivity index (χ3n) is 4.44. The smallest absolute Gasteiger partial charge is 0.302 e. The number of aromatic nitrogens is 1. The Balaban J connectivity index is 1.93. The van der Waals surface area contributed by atoms with Crippen LogP contribution in [0.4, 0.5) is 0 Å². The fourth-order valence-electron chi connectivity index (χ4n) is 2.68. The number of fused-ring (bicyclic) bond motifs is 1. The molecule has 1 aromatic heterocycles. The van der Waals surface area contributed by atoms with Crippen molar-refractivity contribution in [3.63, 3.8) is 0 Å². The molecule has 0 radical (unpaired) electrons. The van der Waals surface area contributed by atoms with Crippen molar-refractivity contribution in [1.29, 1.82) is 0 Å². The molecule has 132 valence electrons. The van der Waals surface area contributed by atoms with Gasteiger partial charge in [0.2, 0.25) is 10.0 Å². The van der Waals surface area contributed by atoms with Crippen molar-refractivity contribution in [1.82, 2.24) is 9.29 Å². The molecule has 3 rings (SSSR count). The van der Waals surface area contributed by atoms with Crippen molar-refractivity contribution in [3.05, 3.63) is 62.8 Å². The van der Waals surface area contributed by atoms with Crippen molar-refractivity contribution < 1.29 is 8.42 Å². The Morgan fingerprint density at radius 2 is 1.80 bits per heavy atom. The highest BCUT2D eigenvalue weighted by atomic mass is 32.2. The highest BCUT2D eigenvalue weighted by Gasteiger charge is 2.20. The molecule has 0 spiro atoms. The Labute approximate surface area is 151 Å². The first-order valence-electron chi connectivity index (χ1n) is 7.88. The lowest BCUT2D eigenvalue weighted by atomic mass is 10.0. The molecule has 0 amide bonds. The van der Waals surface area contributed by atoms with Crippen LogP contribution in [-0.2, 0) is 17.1 Å². The molecule has 0 aliphatic rings. The normalized spacial score (nSPS) is 13.3. The van der Waals surface area contributed by atoms with Gasteiger partial charge in [-0.1, -0.05) is 29.5 Å². The van der Waals surface area contributed by atoms with Gasteiger partial charge in [0.1, 0.15) is 0 Å². The fourth-order valence-corrected chi connectivity index (χ4v) is 4.94. The van der Waals surface area contributed by atoms with Crippen molar-refractivity contribution in [2.45, 2.75) is 31.7 Å². The summed E-state index contributed by atoms with van der Waals surface area (Å²) in [6, 6.07) is 10.3. The molecule has 1 N–H and O–H groups in total. The molecule has 0 aliphatic heterocycles. The van der Waals surface area contributed by atoms with Gasteiger partial charge in [0.15, 0.2) is 0 Å². The molecular formula is C18H20N2O3S2. The number of rotatable bonds is 4. The van der Waals surface area contributed by atoms with E-state index < -0.39 is 10.0 Å². The summed E-state index contributed by atoms with van der Waals surface area (Å²) in [5.41, 5.74) is 3.94. The summed E-state index contributed by atoms with van der Waals surface area (Å²) in [5.74, 6) is 0. The standard InChI is InChI=1S/C18H20N2O3S2/c1-11-5-6-14(9-12(11)2)13(3)19-25(22,23)15-7-8-16-17(10-15)24-18(21)20(16)4/h5-10,13,19H,1-4H3. The van der Waals surface area contributed by atoms with E-state index in [-0.39, 0.29) is 15.8 Å². The first-order valence-corrected chi connectivity index (χ1v) is 10.2. The van der Waals surface area contributed by atoms with Crippen LogP contribution in [0.2, 0.25) is 0 Å². The van der Waals surface area contributed by atoms with E-state index >= 15 is 0 Å². The van der Waals surface area contributed by atoms with E-state index in [1.165, 1.54) is 16.2 Å². The monoisotopic (exact) mass is 376 g/mol. The third kappa shape index (κ3) is 3.40. The van der Waals surface area contributed by atoms with E-state index in [0.29, 0.717) is 4.70 Å². The molecule has 1 unspecified atom stereocenters. The highest BCUT2D eigenvalue weighted by molar-refractivity contribution is 7.89.